The number of likely N-dealkylation sites (tertiary alicyclic amines) is 1. The van der Waals surface area contributed by atoms with Crippen molar-refractivity contribution < 1.29 is 29.3 Å². The second kappa shape index (κ2) is 4.03. The Morgan fingerprint density at radius 1 is 1.38 bits per heavy atom. The van der Waals surface area contributed by atoms with Gasteiger partial charge in [0.05, 0.1) is 0 Å². The molecule has 0 spiro atoms. The topological polar surface area (TPSA) is 83.8 Å². The van der Waals surface area contributed by atoms with Gasteiger partial charge in [0, 0.05) is 12.8 Å². The molecule has 0 aromatic heterocycles. The molecule has 0 aromatic rings. The van der Waals surface area contributed by atoms with Crippen LogP contribution in [0.3, 0.4) is 0 Å². The average molecular weight is 232 g/mol. The van der Waals surface area contributed by atoms with Crippen LogP contribution >= 0.6 is 0 Å². The minimum Gasteiger partial charge on any atom is -0.477 e. The zero-order valence-electron chi connectivity index (χ0n) is 9.77. The number of carbonyl (C=O) groups excluding carboxylic acids is 1. The number of carboxylic acids is 1. The fraction of sp³-hybridized carbons (Fsp3) is 0.800. The van der Waals surface area contributed by atoms with Crippen LogP contribution in [0.1, 0.15) is 33.6 Å². The maximum atomic E-state index is 11.7. The lowest BCUT2D eigenvalue weighted by atomic mass is 10.2. The summed E-state index contributed by atoms with van der Waals surface area (Å²) in [4.78, 5) is 22.6. The maximum Gasteiger partial charge on any atom is 0.550 e. The van der Waals surface area contributed by atoms with Crippen molar-refractivity contribution in [3.8, 4) is 0 Å². The number of rotatable bonds is 1. The number of hydrogen-bond acceptors (Lipinski definition) is 4. The Morgan fingerprint density at radius 3 is 2.38 bits per heavy atom. The van der Waals surface area contributed by atoms with Crippen molar-refractivity contribution in [2.45, 2.75) is 45.3 Å². The van der Waals surface area contributed by atoms with Crippen LogP contribution in [0.15, 0.2) is 0 Å². The zero-order chi connectivity index (χ0) is 12.6. The summed E-state index contributed by atoms with van der Waals surface area (Å²) < 4.78 is 3.88. The van der Waals surface area contributed by atoms with E-state index in [0.29, 0.717) is 6.42 Å². The van der Waals surface area contributed by atoms with Crippen LogP contribution in [0.5, 0.6) is 0 Å². The molecule has 1 saturated heterocycles. The van der Waals surface area contributed by atoms with Crippen LogP contribution in [0.2, 0.25) is 0 Å². The van der Waals surface area contributed by atoms with Crippen LogP contribution in [-0.2, 0) is 9.53 Å². The molecule has 92 valence electrons. The van der Waals surface area contributed by atoms with Crippen LogP contribution < -0.4 is 0 Å². The van der Waals surface area contributed by atoms with Crippen molar-refractivity contribution in [3.63, 3.8) is 0 Å². The first-order chi connectivity index (χ1) is 7.17. The van der Waals surface area contributed by atoms with E-state index in [1.807, 2.05) is 0 Å². The summed E-state index contributed by atoms with van der Waals surface area (Å²) in [5, 5.41) is 18.9. The fourth-order valence-electron chi connectivity index (χ4n) is 1.76. The molecule has 6 heteroatoms. The van der Waals surface area contributed by atoms with Gasteiger partial charge in [-0.05, 0) is 20.8 Å². The lowest BCUT2D eigenvalue weighted by molar-refractivity contribution is -1.05. The molecular formula is C10H18NO5+. The van der Waals surface area contributed by atoms with Crippen LogP contribution in [0.4, 0.5) is 4.79 Å². The molecule has 0 radical (unpaired) electrons. The number of ether oxygens (including phenoxy) is 1. The number of hydroxylamine groups is 3. The van der Waals surface area contributed by atoms with Gasteiger partial charge in [-0.25, -0.2) is 10.0 Å². The molecule has 0 bridgehead atoms. The van der Waals surface area contributed by atoms with Gasteiger partial charge < -0.3 is 9.84 Å². The summed E-state index contributed by atoms with van der Waals surface area (Å²) in [5.74, 6) is -1.18. The smallest absolute Gasteiger partial charge is 0.477 e. The Morgan fingerprint density at radius 2 is 1.94 bits per heavy atom. The number of carboxylic acid groups (broad SMARTS) is 1. The number of quaternary nitrogens is 1. The molecule has 0 aliphatic carbocycles. The molecule has 0 aromatic carbocycles. The summed E-state index contributed by atoms with van der Waals surface area (Å²) in [6, 6.07) is -1.12. The summed E-state index contributed by atoms with van der Waals surface area (Å²) in [5.41, 5.74) is -0.739. The van der Waals surface area contributed by atoms with Gasteiger partial charge in [-0.15, -0.1) is 0 Å². The number of nitrogens with zero attached hydrogens (tertiary/aromatic N) is 1. The molecule has 1 aliphatic rings. The molecule has 16 heavy (non-hydrogen) atoms. The predicted octanol–water partition coefficient (Wildman–Crippen LogP) is 1.37. The van der Waals surface area contributed by atoms with Crippen molar-refractivity contribution in [1.29, 1.82) is 0 Å². The first-order valence-electron chi connectivity index (χ1n) is 5.24. The Kier molecular flexibility index (Phi) is 3.25. The van der Waals surface area contributed by atoms with E-state index >= 15 is 0 Å². The third kappa shape index (κ3) is 2.51. The number of aliphatic carboxylic acids is 1. The van der Waals surface area contributed by atoms with Gasteiger partial charge in [-0.2, -0.15) is 4.79 Å². The van der Waals surface area contributed by atoms with Gasteiger partial charge in [0.15, 0.2) is 0 Å². The van der Waals surface area contributed by atoms with E-state index in [9.17, 15) is 14.8 Å². The van der Waals surface area contributed by atoms with E-state index in [2.05, 4.69) is 0 Å². The van der Waals surface area contributed by atoms with Crippen LogP contribution in [0, 0.1) is 0 Å². The van der Waals surface area contributed by atoms with E-state index in [0.717, 1.165) is 0 Å². The highest BCUT2D eigenvalue weighted by molar-refractivity contribution is 5.75. The van der Waals surface area contributed by atoms with Crippen molar-refractivity contribution >= 4 is 12.1 Å². The SMILES string of the molecule is CC(C)(C)OC(=O)[N@+]1(O)CCC[C@H]1C(=O)O. The molecule has 1 fully saturated rings. The molecule has 1 heterocycles. The van der Waals surface area contributed by atoms with Gasteiger partial charge in [0.2, 0.25) is 6.04 Å². The standard InChI is InChI=1S/C10H17NO5/c1-10(2,3)16-9(14)11(15)6-4-5-7(11)8(12)13/h7,15H,4-6H2,1-3H3/p+1/t7-,11-/m0/s1. The summed E-state index contributed by atoms with van der Waals surface area (Å²) in [7, 11) is 0. The number of hydrogen-bond donors (Lipinski definition) is 2. The van der Waals surface area contributed by atoms with Gasteiger partial charge in [-0.1, -0.05) is 4.65 Å². The summed E-state index contributed by atoms with van der Waals surface area (Å²) >= 11 is 0. The Labute approximate surface area is 94.0 Å². The number of carbonyl (C=O) groups is 2. The highest BCUT2D eigenvalue weighted by Crippen LogP contribution is 2.27. The molecule has 0 saturated carbocycles. The first-order valence-corrected chi connectivity index (χ1v) is 5.24. The minimum absolute atomic E-state index is 0.0892. The highest BCUT2D eigenvalue weighted by Gasteiger charge is 2.55. The second-order valence-corrected chi connectivity index (χ2v) is 5.03. The lowest BCUT2D eigenvalue weighted by Gasteiger charge is -2.28. The maximum absolute atomic E-state index is 11.7. The monoisotopic (exact) mass is 232 g/mol. The first kappa shape index (κ1) is 12.9. The lowest BCUT2D eigenvalue weighted by Crippen LogP contribution is -2.57. The molecule has 1 rings (SSSR count). The number of amides is 1. The molecule has 1 aliphatic heterocycles. The molecular weight excluding hydrogens is 214 g/mol. The third-order valence-electron chi connectivity index (χ3n) is 2.49. The minimum atomic E-state index is -1.18. The Bertz CT molecular complexity index is 309. The van der Waals surface area contributed by atoms with Crippen LogP contribution in [-0.4, -0.2) is 45.2 Å². The van der Waals surface area contributed by atoms with Gasteiger partial charge in [0.25, 0.3) is 0 Å². The van der Waals surface area contributed by atoms with E-state index in [4.69, 9.17) is 9.84 Å². The van der Waals surface area contributed by atoms with E-state index in [1.165, 1.54) is 0 Å². The van der Waals surface area contributed by atoms with Gasteiger partial charge >= 0.3 is 12.1 Å². The molecule has 1 amide bonds. The summed E-state index contributed by atoms with van der Waals surface area (Å²) in [6.07, 6.45) is -0.116. The van der Waals surface area contributed by atoms with Crippen LogP contribution in [0.25, 0.3) is 0 Å². The molecule has 0 unspecified atom stereocenters. The highest BCUT2D eigenvalue weighted by atomic mass is 16.7. The quantitative estimate of drug-likeness (QED) is 0.527. The fourth-order valence-corrected chi connectivity index (χ4v) is 1.76. The van der Waals surface area contributed by atoms with Crippen molar-refractivity contribution in [2.24, 2.45) is 0 Å². The zero-order valence-corrected chi connectivity index (χ0v) is 9.77. The van der Waals surface area contributed by atoms with E-state index in [1.54, 1.807) is 20.8 Å². The summed E-state index contributed by atoms with van der Waals surface area (Å²) in [6.45, 7) is 5.10. The van der Waals surface area contributed by atoms with Crippen molar-refractivity contribution in [3.05, 3.63) is 0 Å². The Hall–Kier alpha value is -1.14. The predicted molar refractivity (Wildman–Crippen MR) is 53.8 cm³/mol. The Balaban J connectivity index is 2.84. The van der Waals surface area contributed by atoms with Gasteiger partial charge in [0.1, 0.15) is 12.1 Å². The molecule has 2 atom stereocenters. The average Bonchev–Trinajstić information content (AvgIpc) is 2.45. The largest absolute Gasteiger partial charge is 0.550 e. The van der Waals surface area contributed by atoms with Gasteiger partial charge in [-0.3, -0.25) is 0 Å². The third-order valence-corrected chi connectivity index (χ3v) is 2.49. The molecule has 6 nitrogen and oxygen atoms in total. The van der Waals surface area contributed by atoms with E-state index in [-0.39, 0.29) is 13.0 Å². The second-order valence-electron chi connectivity index (χ2n) is 5.03. The normalized spacial score (nSPS) is 30.1. The van der Waals surface area contributed by atoms with Crippen molar-refractivity contribution in [2.75, 3.05) is 6.54 Å². The molecule has 2 N–H and O–H groups in total. The van der Waals surface area contributed by atoms with Crippen molar-refractivity contribution in [1.82, 2.24) is 0 Å². The van der Waals surface area contributed by atoms with E-state index < -0.39 is 28.4 Å².